The maximum absolute atomic E-state index is 12.9. The fourth-order valence-corrected chi connectivity index (χ4v) is 2.72. The lowest BCUT2D eigenvalue weighted by atomic mass is 9.90. The smallest absolute Gasteiger partial charge is 0.314 e. The van der Waals surface area contributed by atoms with Crippen molar-refractivity contribution in [2.45, 2.75) is 38.0 Å². The van der Waals surface area contributed by atoms with E-state index in [9.17, 15) is 9.18 Å². The third kappa shape index (κ3) is 4.04. The van der Waals surface area contributed by atoms with Gasteiger partial charge >= 0.3 is 5.97 Å². The quantitative estimate of drug-likeness (QED) is 0.843. The summed E-state index contributed by atoms with van der Waals surface area (Å²) in [6.45, 7) is 0.658. The lowest BCUT2D eigenvalue weighted by Crippen LogP contribution is -2.26. The number of halogens is 1. The van der Waals surface area contributed by atoms with Crippen LogP contribution in [0.1, 0.15) is 43.6 Å². The summed E-state index contributed by atoms with van der Waals surface area (Å²) >= 11 is 0. The molecule has 1 aromatic carbocycles. The topological polar surface area (TPSA) is 52.3 Å². The zero-order chi connectivity index (χ0) is 14.4. The van der Waals surface area contributed by atoms with Crippen LogP contribution in [0.4, 0.5) is 4.39 Å². The zero-order valence-corrected chi connectivity index (χ0v) is 11.7. The minimum Gasteiger partial charge on any atom is -0.465 e. The summed E-state index contributed by atoms with van der Waals surface area (Å²) in [7, 11) is 0. The fraction of sp³-hybridized carbons (Fsp3) is 0.562. The summed E-state index contributed by atoms with van der Waals surface area (Å²) in [5.74, 6) is -0.636. The minimum absolute atomic E-state index is 0.176. The van der Waals surface area contributed by atoms with E-state index in [1.807, 2.05) is 0 Å². The van der Waals surface area contributed by atoms with Gasteiger partial charge in [0.1, 0.15) is 5.82 Å². The molecular weight excluding hydrogens is 257 g/mol. The van der Waals surface area contributed by atoms with Gasteiger partial charge in [-0.15, -0.1) is 0 Å². The predicted molar refractivity (Wildman–Crippen MR) is 75.7 cm³/mol. The minimum atomic E-state index is -0.501. The molecule has 110 valence electrons. The van der Waals surface area contributed by atoms with Crippen LogP contribution in [0.15, 0.2) is 24.3 Å². The van der Waals surface area contributed by atoms with Crippen LogP contribution < -0.4 is 5.73 Å². The molecule has 0 spiro atoms. The standard InChI is InChI=1S/C16H22FNO2/c17-14-8-6-13(7-9-14)15(10-18)16(19)20-11-12-4-2-1-3-5-12/h6-9,12,15H,1-5,10-11,18H2. The van der Waals surface area contributed by atoms with Crippen molar-refractivity contribution in [2.24, 2.45) is 11.7 Å². The van der Waals surface area contributed by atoms with Crippen LogP contribution in [0.5, 0.6) is 0 Å². The highest BCUT2D eigenvalue weighted by Gasteiger charge is 2.22. The van der Waals surface area contributed by atoms with Crippen LogP contribution in [0.3, 0.4) is 0 Å². The first-order valence-corrected chi connectivity index (χ1v) is 7.33. The zero-order valence-electron chi connectivity index (χ0n) is 11.7. The molecule has 3 nitrogen and oxygen atoms in total. The normalized spacial score (nSPS) is 17.7. The summed E-state index contributed by atoms with van der Waals surface area (Å²) in [4.78, 5) is 12.1. The van der Waals surface area contributed by atoms with Crippen LogP contribution in [0.2, 0.25) is 0 Å². The Morgan fingerprint density at radius 1 is 1.25 bits per heavy atom. The van der Waals surface area contributed by atoms with E-state index >= 15 is 0 Å². The average molecular weight is 279 g/mol. The molecule has 1 atom stereocenters. The largest absolute Gasteiger partial charge is 0.465 e. The average Bonchev–Trinajstić information content (AvgIpc) is 2.49. The van der Waals surface area contributed by atoms with E-state index in [1.165, 1.54) is 31.4 Å². The van der Waals surface area contributed by atoms with Gasteiger partial charge in [-0.25, -0.2) is 4.39 Å². The Kier molecular flexibility index (Phi) is 5.53. The predicted octanol–water partition coefficient (Wildman–Crippen LogP) is 2.99. The molecule has 1 aliphatic rings. The number of nitrogens with two attached hydrogens (primary N) is 1. The van der Waals surface area contributed by atoms with Gasteiger partial charge in [-0.05, 0) is 36.5 Å². The summed E-state index contributed by atoms with van der Waals surface area (Å²) in [6, 6.07) is 5.86. The van der Waals surface area contributed by atoms with Gasteiger partial charge in [-0.2, -0.15) is 0 Å². The van der Waals surface area contributed by atoms with Crippen LogP contribution in [-0.2, 0) is 9.53 Å². The van der Waals surface area contributed by atoms with Crippen LogP contribution >= 0.6 is 0 Å². The van der Waals surface area contributed by atoms with Gasteiger partial charge in [0.05, 0.1) is 12.5 Å². The van der Waals surface area contributed by atoms with Gasteiger partial charge < -0.3 is 10.5 Å². The van der Waals surface area contributed by atoms with E-state index in [1.54, 1.807) is 12.1 Å². The van der Waals surface area contributed by atoms with E-state index in [2.05, 4.69) is 0 Å². The molecule has 1 fully saturated rings. The van der Waals surface area contributed by atoms with E-state index < -0.39 is 5.92 Å². The maximum atomic E-state index is 12.9. The molecule has 0 amide bonds. The van der Waals surface area contributed by atoms with Crippen molar-refractivity contribution in [3.05, 3.63) is 35.6 Å². The van der Waals surface area contributed by atoms with E-state index in [4.69, 9.17) is 10.5 Å². The Bertz CT molecular complexity index is 427. The number of carbonyl (C=O) groups is 1. The van der Waals surface area contributed by atoms with Crippen molar-refractivity contribution < 1.29 is 13.9 Å². The van der Waals surface area contributed by atoms with Gasteiger partial charge in [0.15, 0.2) is 0 Å². The van der Waals surface area contributed by atoms with Crippen molar-refractivity contribution in [3.8, 4) is 0 Å². The Morgan fingerprint density at radius 3 is 2.50 bits per heavy atom. The second-order valence-corrected chi connectivity index (χ2v) is 5.47. The van der Waals surface area contributed by atoms with Crippen molar-refractivity contribution in [1.82, 2.24) is 0 Å². The molecule has 20 heavy (non-hydrogen) atoms. The summed E-state index contributed by atoms with van der Waals surface area (Å²) in [5, 5.41) is 0. The molecule has 1 aromatic rings. The summed E-state index contributed by atoms with van der Waals surface area (Å²) in [6.07, 6.45) is 6.00. The molecule has 1 unspecified atom stereocenters. The monoisotopic (exact) mass is 279 g/mol. The number of carbonyl (C=O) groups excluding carboxylic acids is 1. The van der Waals surface area contributed by atoms with Crippen molar-refractivity contribution >= 4 is 5.97 Å². The molecular formula is C16H22FNO2. The molecule has 1 aliphatic carbocycles. The van der Waals surface area contributed by atoms with Crippen molar-refractivity contribution in [3.63, 3.8) is 0 Å². The van der Waals surface area contributed by atoms with Crippen LogP contribution in [0.25, 0.3) is 0 Å². The Labute approximate surface area is 119 Å². The number of hydrogen-bond donors (Lipinski definition) is 1. The Morgan fingerprint density at radius 2 is 1.90 bits per heavy atom. The van der Waals surface area contributed by atoms with Crippen molar-refractivity contribution in [1.29, 1.82) is 0 Å². The van der Waals surface area contributed by atoms with E-state index in [0.717, 1.165) is 12.8 Å². The highest BCUT2D eigenvalue weighted by molar-refractivity contribution is 5.78. The molecule has 2 rings (SSSR count). The molecule has 0 radical (unpaired) electrons. The third-order valence-corrected chi connectivity index (χ3v) is 3.98. The lowest BCUT2D eigenvalue weighted by Gasteiger charge is -2.22. The highest BCUT2D eigenvalue weighted by Crippen LogP contribution is 2.24. The number of esters is 1. The molecule has 0 aliphatic heterocycles. The first-order chi connectivity index (χ1) is 9.70. The number of rotatable bonds is 5. The molecule has 1 saturated carbocycles. The second-order valence-electron chi connectivity index (χ2n) is 5.47. The van der Waals surface area contributed by atoms with Gasteiger partial charge in [0, 0.05) is 6.54 Å². The van der Waals surface area contributed by atoms with Crippen molar-refractivity contribution in [2.75, 3.05) is 13.2 Å². The fourth-order valence-electron chi connectivity index (χ4n) is 2.72. The summed E-state index contributed by atoms with van der Waals surface area (Å²) in [5.41, 5.74) is 6.37. The van der Waals surface area contributed by atoms with Gasteiger partial charge in [-0.3, -0.25) is 4.79 Å². The van der Waals surface area contributed by atoms with Gasteiger partial charge in [-0.1, -0.05) is 31.4 Å². The number of ether oxygens (including phenoxy) is 1. The first kappa shape index (κ1) is 15.0. The van der Waals surface area contributed by atoms with Crippen LogP contribution in [-0.4, -0.2) is 19.1 Å². The first-order valence-electron chi connectivity index (χ1n) is 7.33. The summed E-state index contributed by atoms with van der Waals surface area (Å²) < 4.78 is 18.3. The molecule has 0 saturated heterocycles. The molecule has 4 heteroatoms. The Balaban J connectivity index is 1.89. The molecule has 2 N–H and O–H groups in total. The highest BCUT2D eigenvalue weighted by atomic mass is 19.1. The van der Waals surface area contributed by atoms with E-state index in [0.29, 0.717) is 18.1 Å². The maximum Gasteiger partial charge on any atom is 0.314 e. The number of benzene rings is 1. The molecule has 0 aromatic heterocycles. The second kappa shape index (κ2) is 7.39. The van der Waals surface area contributed by atoms with Gasteiger partial charge in [0.25, 0.3) is 0 Å². The number of hydrogen-bond acceptors (Lipinski definition) is 3. The third-order valence-electron chi connectivity index (χ3n) is 3.98. The SMILES string of the molecule is NCC(C(=O)OCC1CCCCC1)c1ccc(F)cc1. The molecule has 0 bridgehead atoms. The van der Waals surface area contributed by atoms with Crippen LogP contribution in [0, 0.1) is 11.7 Å². The van der Waals surface area contributed by atoms with Gasteiger partial charge in [0.2, 0.25) is 0 Å². The Hall–Kier alpha value is -1.42. The lowest BCUT2D eigenvalue weighted by molar-refractivity contribution is -0.147. The van der Waals surface area contributed by atoms with E-state index in [-0.39, 0.29) is 18.3 Å². The molecule has 0 heterocycles.